The third-order valence-electron chi connectivity index (χ3n) is 7.23. The van der Waals surface area contributed by atoms with Gasteiger partial charge in [-0.2, -0.15) is 0 Å². The molecule has 0 bridgehead atoms. The number of nitrogens with zero attached hydrogens (tertiary/aromatic N) is 3. The highest BCUT2D eigenvalue weighted by molar-refractivity contribution is 5.75. The highest BCUT2D eigenvalue weighted by Crippen LogP contribution is 2.25. The van der Waals surface area contributed by atoms with Crippen LogP contribution >= 0.6 is 0 Å². The Morgan fingerprint density at radius 1 is 0.800 bits per heavy atom. The van der Waals surface area contributed by atoms with Crippen LogP contribution in [-0.4, -0.2) is 59.1 Å². The summed E-state index contributed by atoms with van der Waals surface area (Å²) in [6.45, 7) is 3.69. The zero-order chi connectivity index (χ0) is 23.9. The van der Waals surface area contributed by atoms with Crippen molar-refractivity contribution in [2.75, 3.05) is 26.2 Å². The van der Waals surface area contributed by atoms with Crippen LogP contribution in [0, 0.1) is 0 Å². The first kappa shape index (κ1) is 23.4. The first-order valence-corrected chi connectivity index (χ1v) is 12.7. The van der Waals surface area contributed by atoms with E-state index in [0.717, 1.165) is 68.7 Å². The van der Waals surface area contributed by atoms with Gasteiger partial charge in [-0.3, -0.25) is 9.88 Å². The van der Waals surface area contributed by atoms with Crippen molar-refractivity contribution >= 4 is 6.03 Å². The normalized spacial score (nSPS) is 17.9. The van der Waals surface area contributed by atoms with E-state index in [0.29, 0.717) is 6.04 Å². The predicted octanol–water partition coefficient (Wildman–Crippen LogP) is 4.89. The van der Waals surface area contributed by atoms with Crippen LogP contribution in [0.3, 0.4) is 0 Å². The second-order valence-electron chi connectivity index (χ2n) is 9.46. The molecule has 6 heteroatoms. The third kappa shape index (κ3) is 6.01. The molecule has 2 fully saturated rings. The number of benzene rings is 2. The average Bonchev–Trinajstić information content (AvgIpc) is 2.94. The Labute approximate surface area is 207 Å². The van der Waals surface area contributed by atoms with E-state index in [4.69, 9.17) is 4.74 Å². The molecule has 2 aromatic carbocycles. The first-order valence-electron chi connectivity index (χ1n) is 12.7. The SMILES string of the molecule is O=C(NC(c1ccccc1)c1ccccc1)N1CCC(N2CCC(Oc3ccncc3)CC2)CC1. The second kappa shape index (κ2) is 11.4. The average molecular weight is 471 g/mol. The Kier molecular flexibility index (Phi) is 7.59. The molecule has 2 aliphatic rings. The number of piperidine rings is 2. The van der Waals surface area contributed by atoms with Gasteiger partial charge >= 0.3 is 6.03 Å². The number of hydrogen-bond acceptors (Lipinski definition) is 4. The highest BCUT2D eigenvalue weighted by atomic mass is 16.5. The van der Waals surface area contributed by atoms with Crippen molar-refractivity contribution in [3.8, 4) is 5.75 Å². The molecule has 2 aliphatic heterocycles. The summed E-state index contributed by atoms with van der Waals surface area (Å²) in [6, 6.07) is 24.7. The molecule has 0 radical (unpaired) electrons. The lowest BCUT2D eigenvalue weighted by Gasteiger charge is -2.42. The minimum Gasteiger partial charge on any atom is -0.490 e. The maximum atomic E-state index is 13.2. The summed E-state index contributed by atoms with van der Waals surface area (Å²) in [5.74, 6) is 0.905. The Morgan fingerprint density at radius 3 is 1.94 bits per heavy atom. The maximum Gasteiger partial charge on any atom is 0.318 e. The monoisotopic (exact) mass is 470 g/mol. The lowest BCUT2D eigenvalue weighted by Crippen LogP contribution is -2.52. The Bertz CT molecular complexity index is 1010. The van der Waals surface area contributed by atoms with E-state index in [1.807, 2.05) is 53.4 Å². The van der Waals surface area contributed by atoms with Gasteiger partial charge in [0.2, 0.25) is 0 Å². The topological polar surface area (TPSA) is 57.7 Å². The van der Waals surface area contributed by atoms with Gasteiger partial charge in [0, 0.05) is 44.6 Å². The van der Waals surface area contributed by atoms with Crippen LogP contribution in [-0.2, 0) is 0 Å². The van der Waals surface area contributed by atoms with Gasteiger partial charge in [0.05, 0.1) is 6.04 Å². The molecular weight excluding hydrogens is 436 g/mol. The number of rotatable bonds is 6. The molecule has 1 aromatic heterocycles. The molecule has 0 spiro atoms. The molecule has 2 amide bonds. The van der Waals surface area contributed by atoms with Crippen LogP contribution in [0.25, 0.3) is 0 Å². The Balaban J connectivity index is 1.12. The fourth-order valence-electron chi connectivity index (χ4n) is 5.27. The van der Waals surface area contributed by atoms with Crippen LogP contribution in [0.2, 0.25) is 0 Å². The van der Waals surface area contributed by atoms with Gasteiger partial charge in [-0.25, -0.2) is 4.79 Å². The molecule has 3 aromatic rings. The summed E-state index contributed by atoms with van der Waals surface area (Å²) < 4.78 is 6.12. The van der Waals surface area contributed by atoms with Gasteiger partial charge < -0.3 is 15.0 Å². The van der Waals surface area contributed by atoms with E-state index < -0.39 is 0 Å². The van der Waals surface area contributed by atoms with Crippen molar-refractivity contribution in [2.45, 2.75) is 43.9 Å². The zero-order valence-electron chi connectivity index (χ0n) is 20.1. The molecule has 182 valence electrons. The summed E-state index contributed by atoms with van der Waals surface area (Å²) in [4.78, 5) is 21.9. The molecule has 2 saturated heterocycles. The Hall–Kier alpha value is -3.38. The zero-order valence-corrected chi connectivity index (χ0v) is 20.1. The summed E-state index contributed by atoms with van der Waals surface area (Å²) in [5.41, 5.74) is 2.19. The molecule has 0 saturated carbocycles. The van der Waals surface area contributed by atoms with Crippen molar-refractivity contribution in [3.05, 3.63) is 96.3 Å². The lowest BCUT2D eigenvalue weighted by molar-refractivity contribution is 0.0534. The van der Waals surface area contributed by atoms with Crippen molar-refractivity contribution in [1.29, 1.82) is 0 Å². The number of likely N-dealkylation sites (tertiary alicyclic amines) is 2. The van der Waals surface area contributed by atoms with E-state index in [1.165, 1.54) is 0 Å². The van der Waals surface area contributed by atoms with E-state index in [9.17, 15) is 4.79 Å². The largest absolute Gasteiger partial charge is 0.490 e. The fourth-order valence-corrected chi connectivity index (χ4v) is 5.27. The van der Waals surface area contributed by atoms with E-state index in [-0.39, 0.29) is 18.2 Å². The van der Waals surface area contributed by atoms with Gasteiger partial charge in [0.15, 0.2) is 0 Å². The summed E-state index contributed by atoms with van der Waals surface area (Å²) in [6.07, 6.45) is 7.94. The lowest BCUT2D eigenvalue weighted by atomic mass is 9.98. The fraction of sp³-hybridized carbons (Fsp3) is 0.379. The number of carbonyl (C=O) groups is 1. The smallest absolute Gasteiger partial charge is 0.318 e. The van der Waals surface area contributed by atoms with Gasteiger partial charge in [-0.1, -0.05) is 60.7 Å². The quantitative estimate of drug-likeness (QED) is 0.557. The molecule has 5 rings (SSSR count). The Morgan fingerprint density at radius 2 is 1.37 bits per heavy atom. The van der Waals surface area contributed by atoms with Crippen LogP contribution in [0.5, 0.6) is 5.75 Å². The summed E-state index contributed by atoms with van der Waals surface area (Å²) in [5, 5.41) is 3.30. The van der Waals surface area contributed by atoms with Gasteiger partial charge in [0.25, 0.3) is 0 Å². The second-order valence-corrected chi connectivity index (χ2v) is 9.46. The molecule has 6 nitrogen and oxygen atoms in total. The van der Waals surface area contributed by atoms with Crippen LogP contribution in [0.1, 0.15) is 42.9 Å². The minimum atomic E-state index is -0.151. The van der Waals surface area contributed by atoms with Gasteiger partial charge in [-0.05, 0) is 48.9 Å². The number of pyridine rings is 1. The van der Waals surface area contributed by atoms with E-state index in [2.05, 4.69) is 39.5 Å². The first-order chi connectivity index (χ1) is 17.3. The number of hydrogen-bond donors (Lipinski definition) is 1. The number of urea groups is 1. The number of ether oxygens (including phenoxy) is 1. The van der Waals surface area contributed by atoms with Crippen molar-refractivity contribution < 1.29 is 9.53 Å². The van der Waals surface area contributed by atoms with Crippen molar-refractivity contribution in [3.63, 3.8) is 0 Å². The number of aromatic nitrogens is 1. The molecule has 0 aliphatic carbocycles. The molecule has 0 atom stereocenters. The van der Waals surface area contributed by atoms with Crippen LogP contribution < -0.4 is 10.1 Å². The van der Waals surface area contributed by atoms with Gasteiger partial charge in [-0.15, -0.1) is 0 Å². The van der Waals surface area contributed by atoms with Gasteiger partial charge in [0.1, 0.15) is 11.9 Å². The summed E-state index contributed by atoms with van der Waals surface area (Å²) in [7, 11) is 0. The van der Waals surface area contributed by atoms with Crippen LogP contribution in [0.4, 0.5) is 4.79 Å². The molecule has 0 unspecified atom stereocenters. The third-order valence-corrected chi connectivity index (χ3v) is 7.23. The summed E-state index contributed by atoms with van der Waals surface area (Å²) >= 11 is 0. The maximum absolute atomic E-state index is 13.2. The number of amides is 2. The molecular formula is C29H34N4O2. The molecule has 3 heterocycles. The standard InChI is InChI=1S/C29H34N4O2/c34-29(31-28(23-7-3-1-4-8-23)24-9-5-2-6-10-24)33-19-13-25(14-20-33)32-21-15-27(16-22-32)35-26-11-17-30-18-12-26/h1-12,17-18,25,27-28H,13-16,19-22H2,(H,31,34). The molecule has 1 N–H and O–H groups in total. The van der Waals surface area contributed by atoms with Crippen LogP contribution in [0.15, 0.2) is 85.2 Å². The number of nitrogens with one attached hydrogen (secondary N) is 1. The molecule has 35 heavy (non-hydrogen) atoms. The number of carbonyl (C=O) groups excluding carboxylic acids is 1. The minimum absolute atomic E-state index is 0.0191. The van der Waals surface area contributed by atoms with E-state index >= 15 is 0 Å². The van der Waals surface area contributed by atoms with Crippen molar-refractivity contribution in [2.24, 2.45) is 0 Å². The van der Waals surface area contributed by atoms with Crippen molar-refractivity contribution in [1.82, 2.24) is 20.1 Å². The highest BCUT2D eigenvalue weighted by Gasteiger charge is 2.31. The predicted molar refractivity (Wildman–Crippen MR) is 137 cm³/mol. The van der Waals surface area contributed by atoms with E-state index in [1.54, 1.807) is 12.4 Å².